The first-order chi connectivity index (χ1) is 15.9. The molecule has 5 atom stereocenters. The van der Waals surface area contributed by atoms with Gasteiger partial charge in [0.15, 0.2) is 34.1 Å². The van der Waals surface area contributed by atoms with Gasteiger partial charge in [0.2, 0.25) is 0 Å². The van der Waals surface area contributed by atoms with Crippen molar-refractivity contribution in [2.75, 3.05) is 16.4 Å². The monoisotopic (exact) mass is 474 g/mol. The Bertz CT molecular complexity index is 1050. The van der Waals surface area contributed by atoms with Gasteiger partial charge in [-0.15, -0.1) is 0 Å². The smallest absolute Gasteiger partial charge is 0.191 e. The molecule has 10 heteroatoms. The lowest BCUT2D eigenvalue weighted by Gasteiger charge is -2.20. The van der Waals surface area contributed by atoms with Gasteiger partial charge in [-0.3, -0.25) is 0 Å². The van der Waals surface area contributed by atoms with Gasteiger partial charge in [-0.25, -0.2) is 24.3 Å². The van der Waals surface area contributed by atoms with E-state index in [2.05, 4.69) is 32.6 Å². The molecule has 5 rings (SSSR count). The summed E-state index contributed by atoms with van der Waals surface area (Å²) in [5.41, 5.74) is 8.85. The van der Waals surface area contributed by atoms with Gasteiger partial charge in [0.05, 0.1) is 6.10 Å². The summed E-state index contributed by atoms with van der Waals surface area (Å²) in [6.45, 7) is 2.09. The fourth-order valence-electron chi connectivity index (χ4n) is 4.52. The van der Waals surface area contributed by atoms with E-state index in [1.165, 1.54) is 18.9 Å². The van der Waals surface area contributed by atoms with Crippen LogP contribution in [0.3, 0.4) is 0 Å². The average Bonchev–Trinajstić information content (AvgIpc) is 3.69. The molecule has 2 aromatic rings. The van der Waals surface area contributed by atoms with Crippen LogP contribution < -0.4 is 10.6 Å². The van der Waals surface area contributed by atoms with E-state index in [-0.39, 0.29) is 30.0 Å². The molecule has 0 aliphatic heterocycles. The zero-order chi connectivity index (χ0) is 23.1. The van der Waals surface area contributed by atoms with Crippen molar-refractivity contribution in [2.24, 2.45) is 17.0 Å². The van der Waals surface area contributed by atoms with E-state index < -0.39 is 11.6 Å². The highest BCUT2D eigenvalue weighted by Crippen LogP contribution is 2.46. The van der Waals surface area contributed by atoms with E-state index in [0.29, 0.717) is 34.8 Å². The first-order valence-corrected chi connectivity index (χ1v) is 12.5. The molecule has 4 N–H and O–H groups in total. The predicted octanol–water partition coefficient (Wildman–Crippen LogP) is 5.46. The number of aliphatic hydroxyl groups excluding tert-OH is 1. The highest BCUT2D eigenvalue weighted by Gasteiger charge is 2.40. The van der Waals surface area contributed by atoms with Crippen LogP contribution in [-0.2, 0) is 0 Å². The molecule has 5 unspecified atom stereocenters. The van der Waals surface area contributed by atoms with Crippen molar-refractivity contribution in [3.63, 3.8) is 0 Å². The highest BCUT2D eigenvalue weighted by molar-refractivity contribution is 7.99. The van der Waals surface area contributed by atoms with Gasteiger partial charge in [0, 0.05) is 23.8 Å². The third-order valence-electron chi connectivity index (χ3n) is 6.78. The molecule has 1 heterocycles. The summed E-state index contributed by atoms with van der Waals surface area (Å²) in [6, 6.07) is 4.04. The third kappa shape index (κ3) is 5.11. The van der Waals surface area contributed by atoms with Crippen LogP contribution in [0.4, 0.5) is 26.1 Å². The topological polar surface area (TPSA) is 106 Å². The number of rotatable bonds is 9. The normalized spacial score (nSPS) is 28.5. The number of benzene rings is 1. The average molecular weight is 475 g/mol. The quantitative estimate of drug-likeness (QED) is 0.218. The predicted molar refractivity (Wildman–Crippen MR) is 123 cm³/mol. The van der Waals surface area contributed by atoms with Crippen LogP contribution in [0.5, 0.6) is 0 Å². The molecule has 0 bridgehead atoms. The van der Waals surface area contributed by atoms with Crippen LogP contribution in [-0.4, -0.2) is 39.0 Å². The fourth-order valence-corrected chi connectivity index (χ4v) is 5.55. The lowest BCUT2D eigenvalue weighted by Crippen LogP contribution is -2.23. The molecular weight excluding hydrogens is 446 g/mol. The molecule has 1 aromatic carbocycles. The SMILES string of the molecule is CC1CC(O)CC1Nc1nc(SCC2CC2)nc(NC2CC2c2ccc(F)c(F)c2)c1N=N. The summed E-state index contributed by atoms with van der Waals surface area (Å²) in [7, 11) is 0. The molecule has 3 aliphatic carbocycles. The van der Waals surface area contributed by atoms with Crippen molar-refractivity contribution < 1.29 is 13.9 Å². The maximum Gasteiger partial charge on any atom is 0.191 e. The van der Waals surface area contributed by atoms with E-state index in [1.807, 2.05) is 0 Å². The second-order valence-electron chi connectivity index (χ2n) is 9.54. The van der Waals surface area contributed by atoms with Gasteiger partial charge < -0.3 is 15.7 Å². The minimum atomic E-state index is -0.852. The van der Waals surface area contributed by atoms with Gasteiger partial charge in [0.1, 0.15) is 0 Å². The van der Waals surface area contributed by atoms with E-state index in [1.54, 1.807) is 17.8 Å². The zero-order valence-corrected chi connectivity index (χ0v) is 19.2. The molecule has 0 saturated heterocycles. The number of thioether (sulfide) groups is 1. The standard InChI is InChI=1S/C23H28F2N6OS/c1-11-6-14(32)8-18(11)27-21-20(31-26)22(30-23(29-21)33-10-12-2-3-12)28-19-9-15(19)13-4-5-16(24)17(25)7-13/h4-5,7,11-12,14-15,18-19,26,32H,2-3,6,8-10H2,1H3,(H2,27,28,29,30). The first-order valence-electron chi connectivity index (χ1n) is 11.5. The number of hydrogen-bond acceptors (Lipinski definition) is 8. The van der Waals surface area contributed by atoms with Gasteiger partial charge in [0.25, 0.3) is 0 Å². The van der Waals surface area contributed by atoms with Crippen LogP contribution in [0.1, 0.15) is 50.5 Å². The summed E-state index contributed by atoms with van der Waals surface area (Å²) < 4.78 is 27.0. The van der Waals surface area contributed by atoms with Crippen molar-refractivity contribution in [3.8, 4) is 0 Å². The Labute approximate surface area is 195 Å². The van der Waals surface area contributed by atoms with E-state index in [4.69, 9.17) is 5.53 Å². The number of nitrogens with zero attached hydrogens (tertiary/aromatic N) is 3. The Hall–Kier alpha value is -2.33. The van der Waals surface area contributed by atoms with E-state index in [0.717, 1.165) is 30.2 Å². The van der Waals surface area contributed by atoms with Crippen LogP contribution >= 0.6 is 11.8 Å². The fraction of sp³-hybridized carbons (Fsp3) is 0.565. The van der Waals surface area contributed by atoms with E-state index in [9.17, 15) is 13.9 Å². The summed E-state index contributed by atoms with van der Waals surface area (Å²) in [5.74, 6) is 1.24. The largest absolute Gasteiger partial charge is 0.393 e. The number of nitrogens with one attached hydrogen (secondary N) is 3. The molecule has 3 aliphatic rings. The minimum Gasteiger partial charge on any atom is -0.393 e. The summed E-state index contributed by atoms with van der Waals surface area (Å²) >= 11 is 1.60. The maximum atomic E-state index is 13.7. The molecule has 33 heavy (non-hydrogen) atoms. The van der Waals surface area contributed by atoms with E-state index >= 15 is 0 Å². The molecule has 0 amide bonds. The number of halogens is 2. The van der Waals surface area contributed by atoms with Crippen LogP contribution in [0.25, 0.3) is 0 Å². The molecule has 3 saturated carbocycles. The van der Waals surface area contributed by atoms with Crippen molar-refractivity contribution in [2.45, 2.75) is 68.3 Å². The number of hydrogen-bond donors (Lipinski definition) is 4. The Morgan fingerprint density at radius 1 is 1.09 bits per heavy atom. The van der Waals surface area contributed by atoms with Gasteiger partial charge in [-0.2, -0.15) is 5.11 Å². The number of aliphatic hydroxyl groups is 1. The number of aromatic nitrogens is 2. The lowest BCUT2D eigenvalue weighted by atomic mass is 10.1. The maximum absolute atomic E-state index is 13.7. The summed E-state index contributed by atoms with van der Waals surface area (Å²) in [6.07, 6.45) is 4.23. The summed E-state index contributed by atoms with van der Waals surface area (Å²) in [4.78, 5) is 9.32. The van der Waals surface area contributed by atoms with Gasteiger partial charge in [-0.1, -0.05) is 24.8 Å². The van der Waals surface area contributed by atoms with Crippen LogP contribution in [0.2, 0.25) is 0 Å². The molecule has 7 nitrogen and oxygen atoms in total. The Kier molecular flexibility index (Phi) is 6.22. The third-order valence-corrected chi connectivity index (χ3v) is 7.86. The zero-order valence-electron chi connectivity index (χ0n) is 18.4. The second-order valence-corrected chi connectivity index (χ2v) is 10.5. The Balaban J connectivity index is 1.38. The first kappa shape index (κ1) is 22.5. The second kappa shape index (κ2) is 9.13. The lowest BCUT2D eigenvalue weighted by molar-refractivity contribution is 0.178. The van der Waals surface area contributed by atoms with Crippen molar-refractivity contribution in [3.05, 3.63) is 35.4 Å². The number of anilines is 2. The molecule has 176 valence electrons. The van der Waals surface area contributed by atoms with Crippen molar-refractivity contribution in [1.29, 1.82) is 5.53 Å². The Morgan fingerprint density at radius 2 is 1.82 bits per heavy atom. The molecule has 0 spiro atoms. The van der Waals surface area contributed by atoms with Crippen molar-refractivity contribution >= 4 is 29.1 Å². The summed E-state index contributed by atoms with van der Waals surface area (Å²) in [5, 5.41) is 21.2. The van der Waals surface area contributed by atoms with Crippen LogP contribution in [0, 0.1) is 29.0 Å². The molecule has 0 radical (unpaired) electrons. The highest BCUT2D eigenvalue weighted by atomic mass is 32.2. The molecular formula is C23H28F2N6OS. The minimum absolute atomic E-state index is 0.00776. The molecule has 3 fully saturated rings. The van der Waals surface area contributed by atoms with Gasteiger partial charge >= 0.3 is 0 Å². The van der Waals surface area contributed by atoms with Crippen molar-refractivity contribution in [1.82, 2.24) is 9.97 Å². The van der Waals surface area contributed by atoms with Crippen LogP contribution in [0.15, 0.2) is 28.5 Å². The Morgan fingerprint density at radius 3 is 2.42 bits per heavy atom. The molecule has 1 aromatic heterocycles. The van der Waals surface area contributed by atoms with Gasteiger partial charge in [-0.05, 0) is 61.6 Å².